The number of hydrogen-bond donors (Lipinski definition) is 1. The van der Waals surface area contributed by atoms with E-state index in [9.17, 15) is 18.0 Å². The molecule has 1 atom stereocenters. The van der Waals surface area contributed by atoms with E-state index >= 15 is 0 Å². The van der Waals surface area contributed by atoms with Gasteiger partial charge in [-0.05, 0) is 38.0 Å². The molecule has 0 saturated carbocycles. The van der Waals surface area contributed by atoms with E-state index in [0.717, 1.165) is 43.7 Å². The molecular weight excluding hydrogens is 372 g/mol. The van der Waals surface area contributed by atoms with Crippen molar-refractivity contribution in [1.29, 1.82) is 0 Å². The zero-order valence-electron chi connectivity index (χ0n) is 14.9. The number of carbonyl (C=O) groups excluding carboxylic acids is 2. The van der Waals surface area contributed by atoms with Crippen LogP contribution in [0.15, 0.2) is 28.0 Å². The van der Waals surface area contributed by atoms with Gasteiger partial charge in [0, 0.05) is 24.4 Å². The molecule has 142 valence electrons. The van der Waals surface area contributed by atoms with Crippen molar-refractivity contribution in [2.75, 3.05) is 24.2 Å². The molecule has 1 aromatic rings. The lowest BCUT2D eigenvalue weighted by Crippen LogP contribution is -2.33. The monoisotopic (exact) mass is 396 g/mol. The number of amides is 2. The van der Waals surface area contributed by atoms with Gasteiger partial charge in [-0.15, -0.1) is 11.8 Å². The maximum atomic E-state index is 12.6. The smallest absolute Gasteiger partial charge is 0.237 e. The van der Waals surface area contributed by atoms with Crippen molar-refractivity contribution in [2.24, 2.45) is 0 Å². The molecule has 2 heterocycles. The van der Waals surface area contributed by atoms with Crippen molar-refractivity contribution in [1.82, 2.24) is 4.90 Å². The van der Waals surface area contributed by atoms with Gasteiger partial charge in [-0.2, -0.15) is 0 Å². The Kier molecular flexibility index (Phi) is 5.92. The first-order valence-corrected chi connectivity index (χ1v) is 11.5. The van der Waals surface area contributed by atoms with Gasteiger partial charge in [-0.1, -0.05) is 12.8 Å². The average molecular weight is 397 g/mol. The fourth-order valence-corrected chi connectivity index (χ4v) is 5.38. The number of carbonyl (C=O) groups is 2. The largest absolute Gasteiger partial charge is 0.343 e. The molecule has 0 spiro atoms. The number of anilines is 1. The van der Waals surface area contributed by atoms with Crippen LogP contribution in [0.2, 0.25) is 0 Å². The molecule has 0 radical (unpaired) electrons. The highest BCUT2D eigenvalue weighted by Crippen LogP contribution is 2.36. The summed E-state index contributed by atoms with van der Waals surface area (Å²) in [5.74, 6) is -0.432. The molecule has 0 aromatic heterocycles. The van der Waals surface area contributed by atoms with Crippen LogP contribution in [0.3, 0.4) is 0 Å². The highest BCUT2D eigenvalue weighted by atomic mass is 32.2. The number of nitrogens with zero attached hydrogens (tertiary/aromatic N) is 1. The Balaban J connectivity index is 1.67. The quantitative estimate of drug-likeness (QED) is 0.846. The summed E-state index contributed by atoms with van der Waals surface area (Å²) in [6, 6.07) is 4.78. The molecule has 1 N–H and O–H groups in total. The second-order valence-corrected chi connectivity index (χ2v) is 10.3. The lowest BCUT2D eigenvalue weighted by Gasteiger charge is -2.22. The van der Waals surface area contributed by atoms with Gasteiger partial charge in [-0.3, -0.25) is 9.59 Å². The average Bonchev–Trinajstić information content (AvgIpc) is 2.90. The molecule has 0 bridgehead atoms. The molecule has 1 fully saturated rings. The molecule has 2 aliphatic rings. The fourth-order valence-electron chi connectivity index (χ4n) is 3.20. The summed E-state index contributed by atoms with van der Waals surface area (Å²) in [6.45, 7) is 3.25. The highest BCUT2D eigenvalue weighted by molar-refractivity contribution is 8.01. The van der Waals surface area contributed by atoms with E-state index in [-0.39, 0.29) is 34.1 Å². The Labute approximate surface area is 158 Å². The lowest BCUT2D eigenvalue weighted by molar-refractivity contribution is -0.130. The van der Waals surface area contributed by atoms with Crippen molar-refractivity contribution in [3.05, 3.63) is 18.2 Å². The Hall–Kier alpha value is -1.54. The summed E-state index contributed by atoms with van der Waals surface area (Å²) in [6.07, 6.45) is 4.22. The van der Waals surface area contributed by atoms with Crippen molar-refractivity contribution in [3.63, 3.8) is 0 Å². The number of hydrogen-bond acceptors (Lipinski definition) is 5. The van der Waals surface area contributed by atoms with E-state index in [1.165, 1.54) is 17.8 Å². The number of fused-ring (bicyclic) bond motifs is 1. The third-order valence-electron chi connectivity index (χ3n) is 4.78. The van der Waals surface area contributed by atoms with Crippen LogP contribution in [0.1, 0.15) is 39.0 Å². The summed E-state index contributed by atoms with van der Waals surface area (Å²) in [7, 11) is -3.58. The second-order valence-electron chi connectivity index (χ2n) is 6.77. The summed E-state index contributed by atoms with van der Waals surface area (Å²) in [5.41, 5.74) is 0.526. The summed E-state index contributed by atoms with van der Waals surface area (Å²) < 4.78 is 25.3. The number of rotatable bonds is 4. The molecule has 3 rings (SSSR count). The van der Waals surface area contributed by atoms with E-state index in [1.807, 2.05) is 6.92 Å². The third-order valence-corrected chi connectivity index (χ3v) is 7.68. The highest BCUT2D eigenvalue weighted by Gasteiger charge is 2.26. The van der Waals surface area contributed by atoms with Crippen LogP contribution in [0.25, 0.3) is 0 Å². The minimum Gasteiger partial charge on any atom is -0.343 e. The molecule has 2 amide bonds. The van der Waals surface area contributed by atoms with Gasteiger partial charge in [0.2, 0.25) is 11.8 Å². The predicted molar refractivity (Wildman–Crippen MR) is 102 cm³/mol. The Morgan fingerprint density at radius 1 is 1.23 bits per heavy atom. The minimum atomic E-state index is -3.58. The molecule has 8 heteroatoms. The van der Waals surface area contributed by atoms with Crippen molar-refractivity contribution < 1.29 is 18.0 Å². The normalized spacial score (nSPS) is 20.9. The Bertz CT molecular complexity index is 799. The number of sulfone groups is 1. The molecule has 1 aromatic carbocycles. The SMILES string of the molecule is C[C@H]1Sc2ccc(S(=O)(=O)CCC(=O)N3CCCCCC3)cc2NC1=O. The first-order chi connectivity index (χ1) is 12.4. The van der Waals surface area contributed by atoms with Crippen molar-refractivity contribution in [3.8, 4) is 0 Å². The van der Waals surface area contributed by atoms with Crippen molar-refractivity contribution in [2.45, 2.75) is 54.1 Å². The second kappa shape index (κ2) is 8.00. The molecular formula is C18H24N2O4S2. The molecule has 6 nitrogen and oxygen atoms in total. The van der Waals surface area contributed by atoms with Crippen LogP contribution in [0, 0.1) is 0 Å². The first kappa shape index (κ1) is 19.2. The standard InChI is InChI=1S/C18H24N2O4S2/c1-13-18(22)19-15-12-14(6-7-16(15)25-13)26(23,24)11-8-17(21)20-9-4-2-3-5-10-20/h6-7,12-13H,2-5,8-11H2,1H3,(H,19,22)/t13-/m1/s1. The molecule has 1 saturated heterocycles. The van der Waals surface area contributed by atoms with Crippen LogP contribution >= 0.6 is 11.8 Å². The van der Waals surface area contributed by atoms with E-state index in [4.69, 9.17) is 0 Å². The van der Waals surface area contributed by atoms with Gasteiger partial charge in [0.05, 0.1) is 21.6 Å². The maximum absolute atomic E-state index is 12.6. The van der Waals surface area contributed by atoms with E-state index < -0.39 is 9.84 Å². The number of likely N-dealkylation sites (tertiary alicyclic amines) is 1. The number of nitrogens with one attached hydrogen (secondary N) is 1. The van der Waals surface area contributed by atoms with Crippen LogP contribution in [-0.2, 0) is 19.4 Å². The van der Waals surface area contributed by atoms with Gasteiger partial charge >= 0.3 is 0 Å². The zero-order chi connectivity index (χ0) is 18.7. The van der Waals surface area contributed by atoms with Gasteiger partial charge in [0.25, 0.3) is 0 Å². The molecule has 0 aliphatic carbocycles. The van der Waals surface area contributed by atoms with E-state index in [1.54, 1.807) is 17.0 Å². The zero-order valence-corrected chi connectivity index (χ0v) is 16.5. The van der Waals surface area contributed by atoms with Crippen LogP contribution in [-0.4, -0.2) is 49.2 Å². The van der Waals surface area contributed by atoms with E-state index in [2.05, 4.69) is 5.32 Å². The van der Waals surface area contributed by atoms with Crippen LogP contribution in [0.4, 0.5) is 5.69 Å². The van der Waals surface area contributed by atoms with E-state index in [0.29, 0.717) is 5.69 Å². The number of benzene rings is 1. The van der Waals surface area contributed by atoms with Crippen LogP contribution < -0.4 is 5.32 Å². The van der Waals surface area contributed by atoms with Gasteiger partial charge in [0.1, 0.15) is 0 Å². The summed E-state index contributed by atoms with van der Waals surface area (Å²) >= 11 is 1.41. The Morgan fingerprint density at radius 3 is 2.62 bits per heavy atom. The fraction of sp³-hybridized carbons (Fsp3) is 0.556. The molecule has 0 unspecified atom stereocenters. The van der Waals surface area contributed by atoms with Gasteiger partial charge < -0.3 is 10.2 Å². The predicted octanol–water partition coefficient (Wildman–Crippen LogP) is 2.69. The third kappa shape index (κ3) is 4.40. The topological polar surface area (TPSA) is 83.6 Å². The van der Waals surface area contributed by atoms with Gasteiger partial charge in [-0.25, -0.2) is 8.42 Å². The Morgan fingerprint density at radius 2 is 1.92 bits per heavy atom. The summed E-state index contributed by atoms with van der Waals surface area (Å²) in [5, 5.41) is 2.55. The maximum Gasteiger partial charge on any atom is 0.237 e. The van der Waals surface area contributed by atoms with Gasteiger partial charge in [0.15, 0.2) is 9.84 Å². The summed E-state index contributed by atoms with van der Waals surface area (Å²) in [4.78, 5) is 26.9. The molecule has 2 aliphatic heterocycles. The molecule has 26 heavy (non-hydrogen) atoms. The number of thioether (sulfide) groups is 1. The first-order valence-electron chi connectivity index (χ1n) is 8.99. The van der Waals surface area contributed by atoms with Crippen LogP contribution in [0.5, 0.6) is 0 Å². The van der Waals surface area contributed by atoms with Crippen molar-refractivity contribution >= 4 is 39.1 Å². The minimum absolute atomic E-state index is 0.00242. The lowest BCUT2D eigenvalue weighted by atomic mass is 10.2.